The fourth-order valence-electron chi connectivity index (χ4n) is 3.66. The summed E-state index contributed by atoms with van der Waals surface area (Å²) in [5.74, 6) is 1.52. The lowest BCUT2D eigenvalue weighted by Crippen LogP contribution is -2.20. The van der Waals surface area contributed by atoms with Gasteiger partial charge in [-0.05, 0) is 87.2 Å². The molecule has 0 spiro atoms. The van der Waals surface area contributed by atoms with Gasteiger partial charge in [0.15, 0.2) is 5.76 Å². The van der Waals surface area contributed by atoms with Gasteiger partial charge in [0.25, 0.3) is 5.56 Å². The van der Waals surface area contributed by atoms with Gasteiger partial charge in [-0.3, -0.25) is 4.79 Å². The molecule has 0 saturated carbocycles. The van der Waals surface area contributed by atoms with E-state index in [2.05, 4.69) is 43.9 Å². The number of hydrogen-bond acceptors (Lipinski definition) is 5. The van der Waals surface area contributed by atoms with E-state index in [4.69, 9.17) is 14.1 Å². The van der Waals surface area contributed by atoms with Crippen LogP contribution < -0.4 is 10.3 Å². The van der Waals surface area contributed by atoms with E-state index in [1.807, 2.05) is 61.5 Å². The monoisotopic (exact) mass is 593 g/mol. The van der Waals surface area contributed by atoms with Crippen LogP contribution in [0.5, 0.6) is 5.75 Å². The molecule has 2 aromatic heterocycles. The Hall–Kier alpha value is -3.23. The summed E-state index contributed by atoms with van der Waals surface area (Å²) in [6.45, 7) is 4.09. The van der Waals surface area contributed by atoms with Crippen LogP contribution in [0.4, 0.5) is 0 Å². The first-order chi connectivity index (χ1) is 16.9. The Balaban J connectivity index is 1.63. The minimum absolute atomic E-state index is 0.0794. The number of nitrogens with zero attached hydrogens (tertiary/aromatic N) is 3. The predicted octanol–water partition coefficient (Wildman–Crippen LogP) is 7.39. The number of hydrogen-bond donors (Lipinski definition) is 0. The summed E-state index contributed by atoms with van der Waals surface area (Å²) in [6, 6.07) is 20.5. The highest BCUT2D eigenvalue weighted by atomic mass is 79.9. The molecule has 8 heteroatoms. The Kier molecular flexibility index (Phi) is 6.58. The molecule has 176 valence electrons. The Morgan fingerprint density at radius 3 is 2.54 bits per heavy atom. The maximum Gasteiger partial charge on any atom is 0.282 e. The van der Waals surface area contributed by atoms with Crippen molar-refractivity contribution in [2.75, 3.05) is 0 Å². The van der Waals surface area contributed by atoms with E-state index in [-0.39, 0.29) is 11.7 Å². The first-order valence-electron chi connectivity index (χ1n) is 11.2. The first kappa shape index (κ1) is 23.5. The minimum Gasteiger partial charge on any atom is -0.488 e. The average molecular weight is 595 g/mol. The van der Waals surface area contributed by atoms with Crippen LogP contribution in [0.1, 0.15) is 25.8 Å². The van der Waals surface area contributed by atoms with E-state index in [9.17, 15) is 4.79 Å². The topological polar surface area (TPSA) is 69.6 Å². The molecule has 0 aliphatic carbocycles. The zero-order valence-electron chi connectivity index (χ0n) is 19.0. The SMILES string of the molecule is CC[C@@H](C)Oc1c(Br)cc(C=Nn2c(-c3cc4ccccc4o3)nc3ccccc3c2=O)cc1Br. The second kappa shape index (κ2) is 9.79. The lowest BCUT2D eigenvalue weighted by atomic mass is 10.2. The largest absolute Gasteiger partial charge is 0.488 e. The first-order valence-corrected chi connectivity index (χ1v) is 12.7. The standard InChI is InChI=1S/C27H21Br2N3O3/c1-3-16(2)34-25-20(28)12-17(13-21(25)29)15-30-32-26(24-14-18-8-4-7-11-23(18)35-24)31-22-10-6-5-9-19(22)27(32)33/h4-16H,3H2,1-2H3/t16-/m1/s1. The van der Waals surface area contributed by atoms with Crippen LogP contribution in [0.3, 0.4) is 0 Å². The van der Waals surface area contributed by atoms with Gasteiger partial charge in [0.05, 0.1) is 32.2 Å². The second-order valence-electron chi connectivity index (χ2n) is 8.11. The van der Waals surface area contributed by atoms with Gasteiger partial charge in [-0.2, -0.15) is 9.78 Å². The molecule has 0 N–H and O–H groups in total. The second-order valence-corrected chi connectivity index (χ2v) is 9.82. The van der Waals surface area contributed by atoms with Crippen molar-refractivity contribution in [2.24, 2.45) is 5.10 Å². The Morgan fingerprint density at radius 1 is 1.09 bits per heavy atom. The normalized spacial score (nSPS) is 12.6. The molecule has 0 bridgehead atoms. The molecule has 5 rings (SSSR count). The number of furan rings is 1. The molecule has 6 nitrogen and oxygen atoms in total. The summed E-state index contributed by atoms with van der Waals surface area (Å²) < 4.78 is 14.9. The van der Waals surface area contributed by atoms with Gasteiger partial charge in [0.1, 0.15) is 11.3 Å². The Morgan fingerprint density at radius 2 is 1.80 bits per heavy atom. The maximum absolute atomic E-state index is 13.4. The quantitative estimate of drug-likeness (QED) is 0.192. The summed E-state index contributed by atoms with van der Waals surface area (Å²) >= 11 is 7.17. The van der Waals surface area contributed by atoms with Gasteiger partial charge in [-0.25, -0.2) is 4.98 Å². The molecule has 2 heterocycles. The third-order valence-electron chi connectivity index (χ3n) is 5.64. The lowest BCUT2D eigenvalue weighted by Gasteiger charge is -2.16. The highest BCUT2D eigenvalue weighted by molar-refractivity contribution is 9.11. The van der Waals surface area contributed by atoms with Crippen molar-refractivity contribution in [3.05, 3.63) is 91.6 Å². The average Bonchev–Trinajstić information content (AvgIpc) is 3.29. The minimum atomic E-state index is -0.280. The summed E-state index contributed by atoms with van der Waals surface area (Å²) in [7, 11) is 0. The number of para-hydroxylation sites is 2. The van der Waals surface area contributed by atoms with Crippen molar-refractivity contribution in [1.82, 2.24) is 9.66 Å². The molecule has 0 amide bonds. The van der Waals surface area contributed by atoms with Gasteiger partial charge in [-0.1, -0.05) is 37.3 Å². The van der Waals surface area contributed by atoms with Crippen LogP contribution in [0, 0.1) is 0 Å². The fourth-order valence-corrected chi connectivity index (χ4v) is 5.07. The Labute approximate surface area is 218 Å². The van der Waals surface area contributed by atoms with Crippen LogP contribution in [-0.2, 0) is 0 Å². The van der Waals surface area contributed by atoms with Gasteiger partial charge in [0.2, 0.25) is 5.82 Å². The number of aromatic nitrogens is 2. The van der Waals surface area contributed by atoms with Gasteiger partial charge in [0, 0.05) is 5.39 Å². The van der Waals surface area contributed by atoms with E-state index in [1.54, 1.807) is 18.3 Å². The Bertz CT molecular complexity index is 1580. The fraction of sp³-hybridized carbons (Fsp3) is 0.148. The molecular weight excluding hydrogens is 574 g/mol. The van der Waals surface area contributed by atoms with E-state index >= 15 is 0 Å². The van der Waals surface area contributed by atoms with Crippen molar-refractivity contribution >= 4 is 59.9 Å². The number of fused-ring (bicyclic) bond motifs is 2. The number of ether oxygens (including phenoxy) is 1. The van der Waals surface area contributed by atoms with E-state index in [1.165, 1.54) is 4.68 Å². The molecule has 0 aliphatic rings. The summed E-state index contributed by atoms with van der Waals surface area (Å²) in [4.78, 5) is 18.2. The van der Waals surface area contributed by atoms with E-state index < -0.39 is 0 Å². The van der Waals surface area contributed by atoms with E-state index in [0.717, 1.165) is 32.1 Å². The maximum atomic E-state index is 13.4. The van der Waals surface area contributed by atoms with Gasteiger partial charge in [-0.15, -0.1) is 0 Å². The molecule has 35 heavy (non-hydrogen) atoms. The molecule has 0 saturated heterocycles. The van der Waals surface area contributed by atoms with Crippen molar-refractivity contribution in [1.29, 1.82) is 0 Å². The van der Waals surface area contributed by atoms with Crippen molar-refractivity contribution in [3.63, 3.8) is 0 Å². The van der Waals surface area contributed by atoms with Crippen molar-refractivity contribution in [3.8, 4) is 17.3 Å². The van der Waals surface area contributed by atoms with Crippen LogP contribution in [0.2, 0.25) is 0 Å². The van der Waals surface area contributed by atoms with Crippen LogP contribution >= 0.6 is 31.9 Å². The highest BCUT2D eigenvalue weighted by Crippen LogP contribution is 2.35. The van der Waals surface area contributed by atoms with Crippen LogP contribution in [0.25, 0.3) is 33.5 Å². The molecule has 0 fully saturated rings. The predicted molar refractivity (Wildman–Crippen MR) is 146 cm³/mol. The van der Waals surface area contributed by atoms with Crippen molar-refractivity contribution in [2.45, 2.75) is 26.4 Å². The molecule has 0 radical (unpaired) electrons. The third kappa shape index (κ3) is 4.68. The summed E-state index contributed by atoms with van der Waals surface area (Å²) in [5, 5.41) is 5.93. The van der Waals surface area contributed by atoms with Crippen molar-refractivity contribution < 1.29 is 9.15 Å². The van der Waals surface area contributed by atoms with Crippen LogP contribution in [0.15, 0.2) is 90.0 Å². The lowest BCUT2D eigenvalue weighted by molar-refractivity contribution is 0.214. The zero-order valence-corrected chi connectivity index (χ0v) is 22.2. The van der Waals surface area contributed by atoms with Crippen LogP contribution in [-0.4, -0.2) is 22.0 Å². The molecular formula is C27H21Br2N3O3. The van der Waals surface area contributed by atoms with E-state index in [0.29, 0.717) is 28.1 Å². The molecule has 0 unspecified atom stereocenters. The molecule has 1 atom stereocenters. The van der Waals surface area contributed by atoms with Gasteiger partial charge >= 0.3 is 0 Å². The van der Waals surface area contributed by atoms with Gasteiger partial charge < -0.3 is 9.15 Å². The molecule has 0 aliphatic heterocycles. The third-order valence-corrected chi connectivity index (χ3v) is 6.81. The smallest absolute Gasteiger partial charge is 0.282 e. The highest BCUT2D eigenvalue weighted by Gasteiger charge is 2.17. The summed E-state index contributed by atoms with van der Waals surface area (Å²) in [6.07, 6.45) is 2.59. The number of halogens is 2. The molecule has 3 aromatic carbocycles. The molecule has 5 aromatic rings. The number of benzene rings is 3. The zero-order chi connectivity index (χ0) is 24.5. The number of rotatable bonds is 6. The summed E-state index contributed by atoms with van der Waals surface area (Å²) in [5.41, 5.74) is 1.79.